The number of hydrazone groups is 1. The average molecular weight is 409 g/mol. The van der Waals surface area contributed by atoms with Gasteiger partial charge >= 0.3 is 5.69 Å². The summed E-state index contributed by atoms with van der Waals surface area (Å²) in [5.74, 6) is 0.289. The molecule has 2 aromatic carbocycles. The van der Waals surface area contributed by atoms with E-state index in [9.17, 15) is 9.59 Å². The molecule has 4 rings (SSSR count). The molecule has 9 heteroatoms. The lowest BCUT2D eigenvalue weighted by molar-refractivity contribution is 0.831. The molecule has 2 N–H and O–H groups in total. The standard InChI is InChI=1S/C20H17ClN6O2/c1-12-3-5-13(6-4-12)11-22-25-19-23-17-16(18(28)24-20(29)26(17)2)27(19)15-9-7-14(21)8-10-15/h3-11H,1-2H3,(H,23,25)(H,24,28,29). The number of rotatable bonds is 4. The van der Waals surface area contributed by atoms with E-state index < -0.39 is 11.2 Å². The van der Waals surface area contributed by atoms with Crippen LogP contribution in [0.15, 0.2) is 63.2 Å². The molecule has 0 saturated carbocycles. The molecule has 0 spiro atoms. The number of nitrogens with one attached hydrogen (secondary N) is 2. The zero-order valence-electron chi connectivity index (χ0n) is 15.7. The van der Waals surface area contributed by atoms with E-state index in [1.165, 1.54) is 4.57 Å². The highest BCUT2D eigenvalue weighted by atomic mass is 35.5. The number of fused-ring (bicyclic) bond motifs is 1. The molecule has 146 valence electrons. The van der Waals surface area contributed by atoms with Crippen LogP contribution in [-0.2, 0) is 7.05 Å². The van der Waals surface area contributed by atoms with E-state index >= 15 is 0 Å². The van der Waals surface area contributed by atoms with Gasteiger partial charge in [0, 0.05) is 17.8 Å². The summed E-state index contributed by atoms with van der Waals surface area (Å²) in [5.41, 5.74) is 4.96. The monoisotopic (exact) mass is 408 g/mol. The van der Waals surface area contributed by atoms with E-state index in [1.54, 1.807) is 42.1 Å². The van der Waals surface area contributed by atoms with Gasteiger partial charge in [0.1, 0.15) is 0 Å². The first-order valence-electron chi connectivity index (χ1n) is 8.77. The Morgan fingerprint density at radius 2 is 1.79 bits per heavy atom. The number of aromatic nitrogens is 4. The Morgan fingerprint density at radius 3 is 2.48 bits per heavy atom. The number of H-pyrrole nitrogens is 1. The van der Waals surface area contributed by atoms with Gasteiger partial charge in [0.05, 0.1) is 6.21 Å². The summed E-state index contributed by atoms with van der Waals surface area (Å²) in [6.45, 7) is 2.01. The normalized spacial score (nSPS) is 11.4. The summed E-state index contributed by atoms with van der Waals surface area (Å²) in [6, 6.07) is 14.8. The molecule has 0 bridgehead atoms. The number of imidazole rings is 1. The van der Waals surface area contributed by atoms with Gasteiger partial charge < -0.3 is 0 Å². The summed E-state index contributed by atoms with van der Waals surface area (Å²) in [5, 5.41) is 4.80. The molecule has 29 heavy (non-hydrogen) atoms. The highest BCUT2D eigenvalue weighted by Gasteiger charge is 2.18. The van der Waals surface area contributed by atoms with Crippen molar-refractivity contribution < 1.29 is 0 Å². The van der Waals surface area contributed by atoms with E-state index in [2.05, 4.69) is 20.5 Å². The van der Waals surface area contributed by atoms with Crippen molar-refractivity contribution in [2.24, 2.45) is 12.1 Å². The topological polar surface area (TPSA) is 97.1 Å². The Kier molecular flexibility index (Phi) is 4.77. The highest BCUT2D eigenvalue weighted by molar-refractivity contribution is 6.30. The number of anilines is 1. The highest BCUT2D eigenvalue weighted by Crippen LogP contribution is 2.23. The summed E-state index contributed by atoms with van der Waals surface area (Å²) in [7, 11) is 1.54. The van der Waals surface area contributed by atoms with Crippen molar-refractivity contribution in [3.63, 3.8) is 0 Å². The van der Waals surface area contributed by atoms with Crippen molar-refractivity contribution in [3.05, 3.63) is 85.5 Å². The molecule has 2 aromatic heterocycles. The zero-order valence-corrected chi connectivity index (χ0v) is 16.4. The van der Waals surface area contributed by atoms with Crippen LogP contribution in [-0.4, -0.2) is 25.3 Å². The number of aromatic amines is 1. The molecule has 4 aromatic rings. The third-order valence-corrected chi connectivity index (χ3v) is 4.71. The van der Waals surface area contributed by atoms with Crippen molar-refractivity contribution in [3.8, 4) is 5.69 Å². The van der Waals surface area contributed by atoms with Crippen molar-refractivity contribution in [2.45, 2.75) is 6.92 Å². The maximum Gasteiger partial charge on any atom is 0.329 e. The lowest BCUT2D eigenvalue weighted by Gasteiger charge is -2.08. The second-order valence-corrected chi connectivity index (χ2v) is 6.95. The average Bonchev–Trinajstić information content (AvgIpc) is 3.08. The van der Waals surface area contributed by atoms with Gasteiger partial charge in [-0.3, -0.25) is 18.9 Å². The van der Waals surface area contributed by atoms with Gasteiger partial charge in [0.15, 0.2) is 11.2 Å². The minimum Gasteiger partial charge on any atom is -0.279 e. The molecule has 2 heterocycles. The lowest BCUT2D eigenvalue weighted by atomic mass is 10.2. The number of halogens is 1. The smallest absolute Gasteiger partial charge is 0.279 e. The maximum atomic E-state index is 12.5. The minimum atomic E-state index is -0.544. The Bertz CT molecular complexity index is 1330. The van der Waals surface area contributed by atoms with Crippen LogP contribution >= 0.6 is 11.6 Å². The van der Waals surface area contributed by atoms with Crippen molar-refractivity contribution >= 4 is 34.9 Å². The fourth-order valence-corrected chi connectivity index (χ4v) is 3.04. The second-order valence-electron chi connectivity index (χ2n) is 6.52. The molecular formula is C20H17ClN6O2. The maximum absolute atomic E-state index is 12.5. The van der Waals surface area contributed by atoms with Gasteiger partial charge in [0.2, 0.25) is 5.95 Å². The number of nitrogens with zero attached hydrogens (tertiary/aromatic N) is 4. The van der Waals surface area contributed by atoms with Gasteiger partial charge in [-0.2, -0.15) is 10.1 Å². The van der Waals surface area contributed by atoms with E-state index in [-0.39, 0.29) is 17.1 Å². The van der Waals surface area contributed by atoms with Crippen LogP contribution in [0.25, 0.3) is 16.9 Å². The van der Waals surface area contributed by atoms with Crippen LogP contribution in [0.3, 0.4) is 0 Å². The van der Waals surface area contributed by atoms with Gasteiger partial charge in [-0.15, -0.1) is 0 Å². The Hall–Kier alpha value is -3.65. The predicted molar refractivity (Wildman–Crippen MR) is 114 cm³/mol. The quantitative estimate of drug-likeness (QED) is 0.401. The minimum absolute atomic E-state index is 0.224. The van der Waals surface area contributed by atoms with Crippen molar-refractivity contribution in [1.82, 2.24) is 19.1 Å². The SMILES string of the molecule is Cc1ccc(C=NNc2nc3c(c(=O)[nH]c(=O)n3C)n2-c2ccc(Cl)cc2)cc1. The Balaban J connectivity index is 1.85. The third-order valence-electron chi connectivity index (χ3n) is 4.46. The largest absolute Gasteiger partial charge is 0.329 e. The van der Waals surface area contributed by atoms with E-state index in [1.807, 2.05) is 31.2 Å². The third kappa shape index (κ3) is 3.57. The first-order chi connectivity index (χ1) is 13.9. The lowest BCUT2D eigenvalue weighted by Crippen LogP contribution is -2.29. The van der Waals surface area contributed by atoms with E-state index in [4.69, 9.17) is 11.6 Å². The van der Waals surface area contributed by atoms with Gasteiger partial charge in [-0.1, -0.05) is 41.4 Å². The van der Waals surface area contributed by atoms with Crippen LogP contribution in [0.5, 0.6) is 0 Å². The summed E-state index contributed by atoms with van der Waals surface area (Å²) in [4.78, 5) is 31.2. The predicted octanol–water partition coefficient (Wildman–Crippen LogP) is 2.82. The molecule has 0 aliphatic heterocycles. The van der Waals surface area contributed by atoms with E-state index in [0.717, 1.165) is 11.1 Å². The van der Waals surface area contributed by atoms with Crippen LogP contribution in [0.2, 0.25) is 5.02 Å². The van der Waals surface area contributed by atoms with Crippen LogP contribution in [0.4, 0.5) is 5.95 Å². The molecule has 0 aliphatic rings. The van der Waals surface area contributed by atoms with Crippen molar-refractivity contribution in [2.75, 3.05) is 5.43 Å². The fourth-order valence-electron chi connectivity index (χ4n) is 2.92. The number of benzene rings is 2. The Morgan fingerprint density at radius 1 is 1.10 bits per heavy atom. The van der Waals surface area contributed by atoms with Crippen LogP contribution in [0.1, 0.15) is 11.1 Å². The van der Waals surface area contributed by atoms with Gasteiger partial charge in [-0.25, -0.2) is 10.2 Å². The summed E-state index contributed by atoms with van der Waals surface area (Å²) in [6.07, 6.45) is 1.65. The molecule has 0 atom stereocenters. The first-order valence-corrected chi connectivity index (χ1v) is 9.15. The summed E-state index contributed by atoms with van der Waals surface area (Å²) >= 11 is 5.99. The van der Waals surface area contributed by atoms with Gasteiger partial charge in [-0.05, 0) is 36.8 Å². The Labute approximate surface area is 170 Å². The molecule has 0 saturated heterocycles. The van der Waals surface area contributed by atoms with Crippen LogP contribution < -0.4 is 16.7 Å². The number of aryl methyl sites for hydroxylation is 2. The summed E-state index contributed by atoms with van der Waals surface area (Å²) < 4.78 is 2.87. The van der Waals surface area contributed by atoms with Crippen LogP contribution in [0, 0.1) is 6.92 Å². The molecule has 0 radical (unpaired) electrons. The molecule has 0 unspecified atom stereocenters. The first kappa shape index (κ1) is 18.7. The molecule has 8 nitrogen and oxygen atoms in total. The molecular weight excluding hydrogens is 392 g/mol. The zero-order chi connectivity index (χ0) is 20.5. The number of hydrogen-bond donors (Lipinski definition) is 2. The van der Waals surface area contributed by atoms with Crippen molar-refractivity contribution in [1.29, 1.82) is 0 Å². The number of hydrogen-bond acceptors (Lipinski definition) is 5. The van der Waals surface area contributed by atoms with E-state index in [0.29, 0.717) is 10.7 Å². The second kappa shape index (κ2) is 7.40. The fraction of sp³-hybridized carbons (Fsp3) is 0.100. The molecule has 0 amide bonds. The van der Waals surface area contributed by atoms with Gasteiger partial charge in [0.25, 0.3) is 5.56 Å². The molecule has 0 aliphatic carbocycles. The molecule has 0 fully saturated rings.